The molecule has 3 heteroatoms. The van der Waals surface area contributed by atoms with E-state index in [0.29, 0.717) is 0 Å². The second-order valence-electron chi connectivity index (χ2n) is 3.89. The average molecular weight is 245 g/mol. The average Bonchev–Trinajstić information content (AvgIpc) is 2.89. The van der Waals surface area contributed by atoms with E-state index in [2.05, 4.69) is 4.99 Å². The molecule has 2 aromatic rings. The predicted molar refractivity (Wildman–Crippen MR) is 72.8 cm³/mol. The fourth-order valence-corrected chi connectivity index (χ4v) is 2.16. The van der Waals surface area contributed by atoms with Crippen molar-refractivity contribution in [1.82, 2.24) is 0 Å². The van der Waals surface area contributed by atoms with Crippen LogP contribution in [0.3, 0.4) is 0 Å². The molecule has 0 amide bonds. The Balaban J connectivity index is 2.03. The highest BCUT2D eigenvalue weighted by Crippen LogP contribution is 2.18. The van der Waals surface area contributed by atoms with Crippen molar-refractivity contribution < 1.29 is 5.11 Å². The lowest BCUT2D eigenvalue weighted by molar-refractivity contribution is 0.154. The van der Waals surface area contributed by atoms with Crippen LogP contribution in [0.25, 0.3) is 0 Å². The lowest BCUT2D eigenvalue weighted by Gasteiger charge is -2.14. The number of hydrogen-bond acceptors (Lipinski definition) is 3. The van der Waals surface area contributed by atoms with E-state index in [4.69, 9.17) is 0 Å². The minimum atomic E-state index is -0.549. The standard InChI is InChI=1S/C14H15NOS/c1-11(15-10-13-8-5-9-17-13)14(16)12-6-3-2-4-7-12/h2-11,14,16H,1H3/t11-,14-/m0/s1. The van der Waals surface area contributed by atoms with Gasteiger partial charge in [0, 0.05) is 11.1 Å². The van der Waals surface area contributed by atoms with E-state index in [1.807, 2.05) is 61.0 Å². The Labute approximate surface area is 105 Å². The molecule has 17 heavy (non-hydrogen) atoms. The number of rotatable bonds is 4. The van der Waals surface area contributed by atoms with Crippen LogP contribution in [0.4, 0.5) is 0 Å². The van der Waals surface area contributed by atoms with Crippen LogP contribution in [0.15, 0.2) is 52.8 Å². The first-order valence-corrected chi connectivity index (χ1v) is 6.45. The SMILES string of the molecule is C[C@H](N=Cc1cccs1)[C@H](O)c1ccccc1. The second-order valence-corrected chi connectivity index (χ2v) is 4.87. The van der Waals surface area contributed by atoms with Gasteiger partial charge in [-0.25, -0.2) is 0 Å². The van der Waals surface area contributed by atoms with Gasteiger partial charge in [0.1, 0.15) is 6.10 Å². The fourth-order valence-electron chi connectivity index (χ4n) is 1.57. The lowest BCUT2D eigenvalue weighted by atomic mass is 10.0. The summed E-state index contributed by atoms with van der Waals surface area (Å²) in [5, 5.41) is 12.1. The normalized spacial score (nSPS) is 14.9. The number of thiophene rings is 1. The zero-order valence-corrected chi connectivity index (χ0v) is 10.5. The van der Waals surface area contributed by atoms with Gasteiger partial charge in [-0.15, -0.1) is 11.3 Å². The summed E-state index contributed by atoms with van der Waals surface area (Å²) in [6.45, 7) is 1.92. The monoisotopic (exact) mass is 245 g/mol. The predicted octanol–water partition coefficient (Wildman–Crippen LogP) is 3.29. The third kappa shape index (κ3) is 3.25. The first-order chi connectivity index (χ1) is 8.27. The van der Waals surface area contributed by atoms with Gasteiger partial charge in [-0.2, -0.15) is 0 Å². The van der Waals surface area contributed by atoms with Crippen molar-refractivity contribution in [3.63, 3.8) is 0 Å². The smallest absolute Gasteiger partial charge is 0.101 e. The largest absolute Gasteiger partial charge is 0.386 e. The highest BCUT2D eigenvalue weighted by atomic mass is 32.1. The first kappa shape index (κ1) is 12.0. The number of aliphatic imine (C=N–C) groups is 1. The molecule has 0 saturated heterocycles. The molecule has 1 aromatic carbocycles. The molecule has 1 N–H and O–H groups in total. The number of hydrogen-bond donors (Lipinski definition) is 1. The molecule has 1 aromatic heterocycles. The molecular formula is C14H15NOS. The molecule has 2 rings (SSSR count). The molecule has 0 spiro atoms. The van der Waals surface area contributed by atoms with Crippen LogP contribution in [0.1, 0.15) is 23.5 Å². The third-order valence-electron chi connectivity index (χ3n) is 2.58. The highest BCUT2D eigenvalue weighted by molar-refractivity contribution is 7.11. The van der Waals surface area contributed by atoms with Crippen LogP contribution >= 0.6 is 11.3 Å². The van der Waals surface area contributed by atoms with Crippen molar-refractivity contribution in [1.29, 1.82) is 0 Å². The Morgan fingerprint density at radius 1 is 1.18 bits per heavy atom. The maximum atomic E-state index is 10.1. The zero-order chi connectivity index (χ0) is 12.1. The number of aliphatic hydroxyl groups is 1. The molecule has 1 heterocycles. The number of aliphatic hydroxyl groups excluding tert-OH is 1. The van der Waals surface area contributed by atoms with Crippen LogP contribution in [0.5, 0.6) is 0 Å². The van der Waals surface area contributed by atoms with Gasteiger partial charge in [0.2, 0.25) is 0 Å². The van der Waals surface area contributed by atoms with Crippen molar-refractivity contribution in [2.24, 2.45) is 4.99 Å². The molecule has 2 atom stereocenters. The van der Waals surface area contributed by atoms with Gasteiger partial charge in [0.05, 0.1) is 6.04 Å². The Morgan fingerprint density at radius 2 is 1.94 bits per heavy atom. The van der Waals surface area contributed by atoms with E-state index in [-0.39, 0.29) is 6.04 Å². The number of nitrogens with zero attached hydrogens (tertiary/aromatic N) is 1. The van der Waals surface area contributed by atoms with Gasteiger partial charge < -0.3 is 5.11 Å². The Bertz CT molecular complexity index is 464. The van der Waals surface area contributed by atoms with Crippen molar-refractivity contribution in [2.75, 3.05) is 0 Å². The van der Waals surface area contributed by atoms with E-state index in [9.17, 15) is 5.11 Å². The van der Waals surface area contributed by atoms with Gasteiger partial charge in [-0.05, 0) is 23.9 Å². The van der Waals surface area contributed by atoms with Crippen molar-refractivity contribution in [3.05, 3.63) is 58.3 Å². The van der Waals surface area contributed by atoms with Crippen LogP contribution in [0, 0.1) is 0 Å². The Hall–Kier alpha value is -1.45. The molecule has 0 aliphatic rings. The first-order valence-electron chi connectivity index (χ1n) is 5.57. The van der Waals surface area contributed by atoms with Crippen molar-refractivity contribution in [2.45, 2.75) is 19.1 Å². The topological polar surface area (TPSA) is 32.6 Å². The minimum absolute atomic E-state index is 0.139. The van der Waals surface area contributed by atoms with Crippen LogP contribution in [-0.2, 0) is 0 Å². The molecular weight excluding hydrogens is 230 g/mol. The quantitative estimate of drug-likeness (QED) is 0.824. The lowest BCUT2D eigenvalue weighted by Crippen LogP contribution is -2.12. The second kappa shape index (κ2) is 5.75. The van der Waals surface area contributed by atoms with Crippen LogP contribution in [-0.4, -0.2) is 17.4 Å². The fraction of sp³-hybridized carbons (Fsp3) is 0.214. The third-order valence-corrected chi connectivity index (χ3v) is 3.39. The van der Waals surface area contributed by atoms with Crippen LogP contribution < -0.4 is 0 Å². The van der Waals surface area contributed by atoms with Crippen molar-refractivity contribution >= 4 is 17.6 Å². The van der Waals surface area contributed by atoms with Crippen molar-refractivity contribution in [3.8, 4) is 0 Å². The van der Waals surface area contributed by atoms with E-state index in [1.165, 1.54) is 0 Å². The maximum absolute atomic E-state index is 10.1. The highest BCUT2D eigenvalue weighted by Gasteiger charge is 2.14. The summed E-state index contributed by atoms with van der Waals surface area (Å²) in [5.74, 6) is 0. The van der Waals surface area contributed by atoms with E-state index >= 15 is 0 Å². The van der Waals surface area contributed by atoms with Gasteiger partial charge in [-0.1, -0.05) is 36.4 Å². The Kier molecular flexibility index (Phi) is 4.07. The molecule has 0 radical (unpaired) electrons. The summed E-state index contributed by atoms with van der Waals surface area (Å²) in [6, 6.07) is 13.5. The molecule has 88 valence electrons. The molecule has 0 aliphatic heterocycles. The summed E-state index contributed by atoms with van der Waals surface area (Å²) >= 11 is 1.64. The molecule has 0 unspecified atom stereocenters. The molecule has 0 saturated carbocycles. The maximum Gasteiger partial charge on any atom is 0.101 e. The van der Waals surface area contributed by atoms with Gasteiger partial charge in [-0.3, -0.25) is 4.99 Å². The Morgan fingerprint density at radius 3 is 2.59 bits per heavy atom. The molecule has 0 aliphatic carbocycles. The summed E-state index contributed by atoms with van der Waals surface area (Å²) in [7, 11) is 0. The van der Waals surface area contributed by atoms with Gasteiger partial charge >= 0.3 is 0 Å². The summed E-state index contributed by atoms with van der Waals surface area (Å²) in [4.78, 5) is 5.49. The van der Waals surface area contributed by atoms with Crippen LogP contribution in [0.2, 0.25) is 0 Å². The van der Waals surface area contributed by atoms with E-state index < -0.39 is 6.10 Å². The summed E-state index contributed by atoms with van der Waals surface area (Å²) < 4.78 is 0. The minimum Gasteiger partial charge on any atom is -0.386 e. The van der Waals surface area contributed by atoms with E-state index in [0.717, 1.165) is 10.4 Å². The van der Waals surface area contributed by atoms with E-state index in [1.54, 1.807) is 11.3 Å². The molecule has 0 bridgehead atoms. The number of benzene rings is 1. The summed E-state index contributed by atoms with van der Waals surface area (Å²) in [5.41, 5.74) is 0.906. The molecule has 0 fully saturated rings. The molecule has 2 nitrogen and oxygen atoms in total. The zero-order valence-electron chi connectivity index (χ0n) is 9.65. The summed E-state index contributed by atoms with van der Waals surface area (Å²) in [6.07, 6.45) is 1.27. The van der Waals surface area contributed by atoms with Gasteiger partial charge in [0.25, 0.3) is 0 Å². The van der Waals surface area contributed by atoms with Gasteiger partial charge in [0.15, 0.2) is 0 Å².